The van der Waals surface area contributed by atoms with Gasteiger partial charge in [0, 0.05) is 43.8 Å². The van der Waals surface area contributed by atoms with Gasteiger partial charge in [0.25, 0.3) is 5.91 Å². The number of aliphatic hydroxyl groups is 1. The second-order valence-electron chi connectivity index (χ2n) is 8.14. The predicted octanol–water partition coefficient (Wildman–Crippen LogP) is 3.51. The van der Waals surface area contributed by atoms with Gasteiger partial charge in [0.15, 0.2) is 5.60 Å². The van der Waals surface area contributed by atoms with Crippen molar-refractivity contribution in [2.45, 2.75) is 25.0 Å². The topological polar surface area (TPSA) is 73.2 Å². The number of piperidine rings is 1. The van der Waals surface area contributed by atoms with E-state index in [-0.39, 0.29) is 12.5 Å². The number of nitrogens with zero attached hydrogens (tertiary/aromatic N) is 2. The number of methoxy groups -OCH3 is 2. The minimum absolute atomic E-state index is 0.124. The lowest BCUT2D eigenvalue weighted by Crippen LogP contribution is -2.50. The van der Waals surface area contributed by atoms with Crippen molar-refractivity contribution < 1.29 is 24.1 Å². The molecule has 0 radical (unpaired) electrons. The molecule has 0 aliphatic carbocycles. The smallest absolute Gasteiger partial charge is 0.257 e. The highest BCUT2D eigenvalue weighted by atomic mass is 16.5. The third-order valence-electron chi connectivity index (χ3n) is 6.51. The summed E-state index contributed by atoms with van der Waals surface area (Å²) in [5.41, 5.74) is 2.67. The second-order valence-corrected chi connectivity index (χ2v) is 8.14. The monoisotopic (exact) mass is 434 g/mol. The van der Waals surface area contributed by atoms with Gasteiger partial charge in [0.05, 0.1) is 37.8 Å². The Kier molecular flexibility index (Phi) is 5.06. The van der Waals surface area contributed by atoms with E-state index in [1.165, 1.54) is 14.2 Å². The van der Waals surface area contributed by atoms with Gasteiger partial charge in [-0.05, 0) is 30.3 Å². The summed E-state index contributed by atoms with van der Waals surface area (Å²) >= 11 is 0. The van der Waals surface area contributed by atoms with E-state index in [2.05, 4.69) is 22.9 Å². The van der Waals surface area contributed by atoms with Crippen LogP contribution in [0.3, 0.4) is 0 Å². The normalized spacial score (nSPS) is 16.2. The minimum atomic E-state index is -0.463. The summed E-state index contributed by atoms with van der Waals surface area (Å²) in [6, 6.07) is 15.5. The molecule has 32 heavy (non-hydrogen) atoms. The van der Waals surface area contributed by atoms with Gasteiger partial charge < -0.3 is 28.8 Å². The van der Waals surface area contributed by atoms with Crippen LogP contribution >= 0.6 is 0 Å². The molecule has 3 aromatic rings. The molecule has 0 bridgehead atoms. The molecule has 1 saturated heterocycles. The molecule has 166 valence electrons. The molecule has 1 aromatic heterocycles. The van der Waals surface area contributed by atoms with Crippen LogP contribution in [0, 0.1) is 0 Å². The Morgan fingerprint density at radius 3 is 2.53 bits per heavy atom. The van der Waals surface area contributed by atoms with E-state index >= 15 is 0 Å². The van der Waals surface area contributed by atoms with E-state index in [0.717, 1.165) is 17.1 Å². The second kappa shape index (κ2) is 7.91. The molecule has 7 heteroatoms. The molecule has 2 aliphatic rings. The molecule has 0 saturated carbocycles. The molecular formula is C25H26N2O5. The van der Waals surface area contributed by atoms with Crippen molar-refractivity contribution in [2.24, 2.45) is 0 Å². The molecule has 3 heterocycles. The fourth-order valence-corrected chi connectivity index (χ4v) is 4.82. The Bertz CT molecular complexity index is 1160. The Hall–Kier alpha value is -3.45. The fraction of sp³-hybridized carbons (Fsp3) is 0.320. The Morgan fingerprint density at radius 1 is 1.06 bits per heavy atom. The van der Waals surface area contributed by atoms with Crippen molar-refractivity contribution in [3.05, 3.63) is 71.5 Å². The zero-order valence-corrected chi connectivity index (χ0v) is 18.2. The maximum absolute atomic E-state index is 13.4. The lowest BCUT2D eigenvalue weighted by molar-refractivity contribution is -0.00937. The van der Waals surface area contributed by atoms with Gasteiger partial charge in [0.2, 0.25) is 0 Å². The van der Waals surface area contributed by atoms with E-state index in [1.807, 2.05) is 29.2 Å². The third-order valence-corrected chi connectivity index (χ3v) is 6.51. The largest absolute Gasteiger partial charge is 0.496 e. The lowest BCUT2D eigenvalue weighted by Gasteiger charge is -2.45. The zero-order valence-electron chi connectivity index (χ0n) is 18.2. The summed E-state index contributed by atoms with van der Waals surface area (Å²) in [4.78, 5) is 15.2. The highest BCUT2D eigenvalue weighted by molar-refractivity contribution is 5.97. The van der Waals surface area contributed by atoms with Gasteiger partial charge in [-0.15, -0.1) is 0 Å². The number of carbonyl (C=O) groups excluding carboxylic acids is 1. The average Bonchev–Trinajstić information content (AvgIpc) is 3.35. The summed E-state index contributed by atoms with van der Waals surface area (Å²) in [6.45, 7) is 0.881. The molecule has 0 atom stereocenters. The maximum atomic E-state index is 13.4. The first-order valence-electron chi connectivity index (χ1n) is 10.7. The van der Waals surface area contributed by atoms with Gasteiger partial charge in [-0.1, -0.05) is 12.1 Å². The molecule has 1 spiro atoms. The van der Waals surface area contributed by atoms with Crippen LogP contribution in [-0.4, -0.2) is 47.8 Å². The van der Waals surface area contributed by atoms with Gasteiger partial charge in [-0.3, -0.25) is 4.79 Å². The van der Waals surface area contributed by atoms with Crippen LogP contribution in [0.2, 0.25) is 0 Å². The fourth-order valence-electron chi connectivity index (χ4n) is 4.82. The molecule has 1 fully saturated rings. The number of amides is 1. The number of ether oxygens (including phenoxy) is 3. The van der Waals surface area contributed by atoms with Crippen molar-refractivity contribution in [1.29, 1.82) is 0 Å². The summed E-state index contributed by atoms with van der Waals surface area (Å²) in [5, 5.41) is 9.68. The molecule has 1 amide bonds. The van der Waals surface area contributed by atoms with Gasteiger partial charge in [-0.2, -0.15) is 0 Å². The van der Waals surface area contributed by atoms with Crippen LogP contribution in [0.5, 0.6) is 17.2 Å². The van der Waals surface area contributed by atoms with Gasteiger partial charge in [0.1, 0.15) is 17.2 Å². The molecule has 2 aliphatic heterocycles. The lowest BCUT2D eigenvalue weighted by atomic mass is 9.86. The average molecular weight is 434 g/mol. The van der Waals surface area contributed by atoms with E-state index in [0.29, 0.717) is 48.6 Å². The van der Waals surface area contributed by atoms with Crippen molar-refractivity contribution in [3.63, 3.8) is 0 Å². The van der Waals surface area contributed by atoms with E-state index in [4.69, 9.17) is 14.2 Å². The number of rotatable bonds is 4. The van der Waals surface area contributed by atoms with Crippen LogP contribution in [0.25, 0.3) is 5.69 Å². The molecule has 5 rings (SSSR count). The van der Waals surface area contributed by atoms with Crippen molar-refractivity contribution in [2.75, 3.05) is 27.3 Å². The third kappa shape index (κ3) is 3.12. The number of aromatic nitrogens is 1. The molecule has 2 aromatic carbocycles. The van der Waals surface area contributed by atoms with E-state index in [9.17, 15) is 9.90 Å². The van der Waals surface area contributed by atoms with E-state index in [1.54, 1.807) is 12.1 Å². The number of likely N-dealkylation sites (tertiary alicyclic amines) is 1. The summed E-state index contributed by atoms with van der Waals surface area (Å²) in [5.74, 6) is 1.66. The first-order valence-corrected chi connectivity index (χ1v) is 10.7. The first-order chi connectivity index (χ1) is 15.6. The highest BCUT2D eigenvalue weighted by Gasteiger charge is 2.44. The van der Waals surface area contributed by atoms with Gasteiger partial charge >= 0.3 is 0 Å². The highest BCUT2D eigenvalue weighted by Crippen LogP contribution is 2.45. The zero-order chi connectivity index (χ0) is 22.3. The van der Waals surface area contributed by atoms with Crippen LogP contribution in [-0.2, 0) is 12.2 Å². The quantitative estimate of drug-likeness (QED) is 0.680. The van der Waals surface area contributed by atoms with Crippen LogP contribution in [0.4, 0.5) is 0 Å². The summed E-state index contributed by atoms with van der Waals surface area (Å²) in [7, 11) is 3.05. The van der Waals surface area contributed by atoms with Crippen molar-refractivity contribution in [3.8, 4) is 22.9 Å². The number of aliphatic hydroxyl groups excluding tert-OH is 1. The predicted molar refractivity (Wildman–Crippen MR) is 119 cm³/mol. The molecule has 7 nitrogen and oxygen atoms in total. The van der Waals surface area contributed by atoms with E-state index < -0.39 is 5.60 Å². The number of benzene rings is 2. The van der Waals surface area contributed by atoms with Gasteiger partial charge in [-0.25, -0.2) is 0 Å². The number of hydrogen-bond donors (Lipinski definition) is 1. The first kappa shape index (κ1) is 20.5. The number of fused-ring (bicyclic) bond motifs is 4. The standard InChI is InChI=1S/C25H26N2O5/c1-30-21-15-22(31-2)18(14-17(21)16-28)24(29)26-12-9-25(10-13-26)23-8-5-11-27(23)19-6-3-4-7-20(19)32-25/h3-8,11,14-15,28H,9-10,12-13,16H2,1-2H3. The van der Waals surface area contributed by atoms with Crippen LogP contribution < -0.4 is 14.2 Å². The number of carbonyl (C=O) groups is 1. The Balaban J connectivity index is 1.41. The number of hydrogen-bond acceptors (Lipinski definition) is 5. The maximum Gasteiger partial charge on any atom is 0.257 e. The Labute approximate surface area is 186 Å². The molecular weight excluding hydrogens is 408 g/mol. The summed E-state index contributed by atoms with van der Waals surface area (Å²) in [6.07, 6.45) is 3.43. The summed E-state index contributed by atoms with van der Waals surface area (Å²) < 4.78 is 19.5. The molecule has 1 N–H and O–H groups in total. The van der Waals surface area contributed by atoms with Crippen molar-refractivity contribution in [1.82, 2.24) is 9.47 Å². The minimum Gasteiger partial charge on any atom is -0.496 e. The Morgan fingerprint density at radius 2 is 1.81 bits per heavy atom. The van der Waals surface area contributed by atoms with Crippen molar-refractivity contribution >= 4 is 5.91 Å². The van der Waals surface area contributed by atoms with Crippen LogP contribution in [0.1, 0.15) is 34.5 Å². The molecule has 0 unspecified atom stereocenters. The van der Waals surface area contributed by atoms with Crippen LogP contribution in [0.15, 0.2) is 54.7 Å². The number of para-hydroxylation sites is 2. The SMILES string of the molecule is COc1cc(OC)c(C(=O)N2CCC3(CC2)Oc2ccccc2-n2cccc23)cc1CO.